The molecule has 4 aliphatic rings. The molecule has 4 aromatic rings. The van der Waals surface area contributed by atoms with Gasteiger partial charge in [0.25, 0.3) is 5.91 Å². The van der Waals surface area contributed by atoms with Crippen molar-refractivity contribution in [1.29, 1.82) is 0 Å². The predicted molar refractivity (Wildman–Crippen MR) is 205 cm³/mol. The Bertz CT molecular complexity index is 2120. The summed E-state index contributed by atoms with van der Waals surface area (Å²) in [6.45, 7) is 5.42. The van der Waals surface area contributed by atoms with Gasteiger partial charge in [0.15, 0.2) is 5.60 Å². The van der Waals surface area contributed by atoms with E-state index in [1.165, 1.54) is 0 Å². The quantitative estimate of drug-likeness (QED) is 0.155. The van der Waals surface area contributed by atoms with Gasteiger partial charge in [-0.25, -0.2) is 0 Å². The fourth-order valence-electron chi connectivity index (χ4n) is 9.40. The van der Waals surface area contributed by atoms with Crippen molar-refractivity contribution in [2.75, 3.05) is 16.4 Å². The average Bonchev–Trinajstić information content (AvgIpc) is 3.56. The van der Waals surface area contributed by atoms with Crippen molar-refractivity contribution in [3.63, 3.8) is 0 Å². The predicted octanol–water partition coefficient (Wildman–Crippen LogP) is 7.61. The molecular weight excluding hydrogens is 709 g/mol. The number of carbonyl (C=O) groups is 3. The molecule has 0 saturated carbocycles. The first-order valence-corrected chi connectivity index (χ1v) is 21.7. The Hall–Kier alpha value is -4.35. The van der Waals surface area contributed by atoms with E-state index in [4.69, 9.17) is 16.3 Å². The molecule has 1 saturated heterocycles. The largest absolute Gasteiger partial charge is 0.394 e. The Labute approximate surface area is 315 Å². The van der Waals surface area contributed by atoms with E-state index >= 15 is 8.90 Å². The number of halogens is 2. The highest BCUT2D eigenvalue weighted by molar-refractivity contribution is 6.72. The van der Waals surface area contributed by atoms with Crippen LogP contribution < -0.4 is 9.80 Å². The van der Waals surface area contributed by atoms with E-state index in [2.05, 4.69) is 0 Å². The molecule has 1 N–H and O–H groups in total. The van der Waals surface area contributed by atoms with Crippen LogP contribution in [0.5, 0.6) is 0 Å². The smallest absolute Gasteiger partial charge is 0.264 e. The van der Waals surface area contributed by atoms with Crippen LogP contribution in [-0.4, -0.2) is 54.9 Å². The SMILES string of the molecule is C[C@@H]1[C@@H]([Si](C)(C)F)[C@H](CC(=O)N2Cc3ccccc3C[C@H]2CO)O[C@@]12C(=O)N(Cc1cccc(N3C(=O)CCc4ccccc43)c1)c1ccc(Cl)cc12. The number of ether oxygens (including phenoxy) is 1. The Kier molecular flexibility index (Phi) is 9.08. The number of aliphatic hydroxyl groups excluding tert-OH is 1. The second-order valence-corrected chi connectivity index (χ2v) is 19.6. The third kappa shape index (κ3) is 6.00. The van der Waals surface area contributed by atoms with Crippen LogP contribution in [0.25, 0.3) is 0 Å². The number of aliphatic hydroxyl groups is 1. The van der Waals surface area contributed by atoms with Gasteiger partial charge in [0.05, 0.1) is 43.1 Å². The second kappa shape index (κ2) is 13.5. The van der Waals surface area contributed by atoms with Crippen molar-refractivity contribution in [3.05, 3.63) is 124 Å². The fourth-order valence-corrected chi connectivity index (χ4v) is 12.1. The fraction of sp³-hybridized carbons (Fsp3) is 0.357. The molecule has 8 rings (SSSR count). The van der Waals surface area contributed by atoms with Gasteiger partial charge < -0.3 is 23.8 Å². The van der Waals surface area contributed by atoms with Crippen molar-refractivity contribution in [3.8, 4) is 0 Å². The number of para-hydroxylation sites is 1. The lowest BCUT2D eigenvalue weighted by Gasteiger charge is -2.37. The Morgan fingerprint density at radius 2 is 1.68 bits per heavy atom. The zero-order chi connectivity index (χ0) is 37.2. The van der Waals surface area contributed by atoms with Crippen LogP contribution in [0, 0.1) is 5.92 Å². The van der Waals surface area contributed by atoms with Gasteiger partial charge in [-0.05, 0) is 84.6 Å². The van der Waals surface area contributed by atoms with E-state index in [0.717, 1.165) is 27.9 Å². The lowest BCUT2D eigenvalue weighted by Crippen LogP contribution is -2.48. The zero-order valence-electron chi connectivity index (χ0n) is 30.1. The Morgan fingerprint density at radius 1 is 0.943 bits per heavy atom. The van der Waals surface area contributed by atoms with Crippen LogP contribution in [0.1, 0.15) is 47.6 Å². The minimum atomic E-state index is -3.55. The zero-order valence-corrected chi connectivity index (χ0v) is 31.9. The van der Waals surface area contributed by atoms with E-state index in [1.807, 2.05) is 79.7 Å². The number of hydrogen-bond acceptors (Lipinski definition) is 5. The van der Waals surface area contributed by atoms with Gasteiger partial charge >= 0.3 is 0 Å². The number of nitrogens with zero attached hydrogens (tertiary/aromatic N) is 3. The standard InChI is InChI=1S/C42H43ClFN3O5Si/c1-26-40(53(2,3)44)37(22-39(50)45-24-30-12-5-4-11-29(30)20-33(45)25-48)52-42(26)34-21-31(43)16-17-36(34)46(41(42)51)23-27-9-8-13-32(19-27)47-35-14-7-6-10-28(35)15-18-38(47)49/h4-14,16-17,19,21,26,33,37,40,48H,15,18,20,22-25H2,1-3H3/t26-,33+,37+,40-,42+/m1/s1. The van der Waals surface area contributed by atoms with Crippen LogP contribution in [0.4, 0.5) is 21.2 Å². The van der Waals surface area contributed by atoms with E-state index in [0.29, 0.717) is 47.8 Å². The van der Waals surface area contributed by atoms with Gasteiger partial charge in [-0.3, -0.25) is 19.3 Å². The van der Waals surface area contributed by atoms with Crippen molar-refractivity contribution in [1.82, 2.24) is 4.90 Å². The molecule has 0 radical (unpaired) electrons. The molecule has 1 spiro atoms. The third-order valence-corrected chi connectivity index (χ3v) is 14.5. The summed E-state index contributed by atoms with van der Waals surface area (Å²) in [7, 11) is -3.55. The van der Waals surface area contributed by atoms with E-state index in [1.54, 1.807) is 46.0 Å². The molecule has 4 heterocycles. The topological polar surface area (TPSA) is 90.4 Å². The number of anilines is 3. The monoisotopic (exact) mass is 751 g/mol. The number of hydrogen-bond donors (Lipinski definition) is 1. The summed E-state index contributed by atoms with van der Waals surface area (Å²) in [5.74, 6) is -1.17. The maximum atomic E-state index is 16.6. The van der Waals surface area contributed by atoms with Crippen molar-refractivity contribution in [2.24, 2.45) is 5.92 Å². The summed E-state index contributed by atoms with van der Waals surface area (Å²) in [6, 6.07) is 28.3. The van der Waals surface area contributed by atoms with Crippen LogP contribution in [-0.2, 0) is 50.7 Å². The molecule has 8 nitrogen and oxygen atoms in total. The maximum Gasteiger partial charge on any atom is 0.264 e. The number of aryl methyl sites for hydroxylation is 1. The minimum absolute atomic E-state index is 0.00826. The summed E-state index contributed by atoms with van der Waals surface area (Å²) >= 11 is 6.60. The lowest BCUT2D eigenvalue weighted by molar-refractivity contribution is -0.151. The number of fused-ring (bicyclic) bond motifs is 4. The molecule has 5 atom stereocenters. The molecule has 4 aromatic carbocycles. The van der Waals surface area contributed by atoms with Gasteiger partial charge in [-0.15, -0.1) is 0 Å². The number of rotatable bonds is 7. The molecule has 0 aliphatic carbocycles. The van der Waals surface area contributed by atoms with Crippen LogP contribution in [0.15, 0.2) is 91.0 Å². The molecule has 3 amide bonds. The van der Waals surface area contributed by atoms with Crippen molar-refractivity contribution < 1.29 is 28.3 Å². The van der Waals surface area contributed by atoms with Crippen LogP contribution >= 0.6 is 11.6 Å². The third-order valence-electron chi connectivity index (χ3n) is 11.8. The van der Waals surface area contributed by atoms with Crippen molar-refractivity contribution in [2.45, 2.75) is 82.1 Å². The Balaban J connectivity index is 1.12. The molecule has 0 bridgehead atoms. The van der Waals surface area contributed by atoms with Gasteiger partial charge in [0.1, 0.15) is 0 Å². The second-order valence-electron chi connectivity index (χ2n) is 15.4. The van der Waals surface area contributed by atoms with Crippen LogP contribution in [0.2, 0.25) is 23.7 Å². The number of benzene rings is 4. The molecule has 53 heavy (non-hydrogen) atoms. The van der Waals surface area contributed by atoms with Gasteiger partial charge in [-0.2, -0.15) is 0 Å². The first-order chi connectivity index (χ1) is 25.4. The van der Waals surface area contributed by atoms with Crippen molar-refractivity contribution >= 4 is 54.8 Å². The van der Waals surface area contributed by atoms with Gasteiger partial charge in [-0.1, -0.05) is 73.1 Å². The van der Waals surface area contributed by atoms with Crippen LogP contribution in [0.3, 0.4) is 0 Å². The summed E-state index contributed by atoms with van der Waals surface area (Å²) in [5.41, 5.74) is 4.54. The molecule has 0 aromatic heterocycles. The first-order valence-electron chi connectivity index (χ1n) is 18.4. The van der Waals surface area contributed by atoms with E-state index < -0.39 is 37.6 Å². The molecular formula is C42H43ClFN3O5Si. The van der Waals surface area contributed by atoms with Gasteiger partial charge in [0, 0.05) is 40.7 Å². The average molecular weight is 752 g/mol. The maximum absolute atomic E-state index is 16.6. The van der Waals surface area contributed by atoms with E-state index in [9.17, 15) is 14.7 Å². The van der Waals surface area contributed by atoms with E-state index in [-0.39, 0.29) is 37.3 Å². The molecule has 1 fully saturated rings. The molecule has 274 valence electrons. The summed E-state index contributed by atoms with van der Waals surface area (Å²) in [4.78, 5) is 47.5. The number of carbonyl (C=O) groups excluding carboxylic acids is 3. The van der Waals surface area contributed by atoms with Gasteiger partial charge in [0.2, 0.25) is 20.2 Å². The first kappa shape index (κ1) is 35.7. The summed E-state index contributed by atoms with van der Waals surface area (Å²) in [6.07, 6.45) is 0.628. The normalized spacial score (nSPS) is 25.1. The Morgan fingerprint density at radius 3 is 2.43 bits per heavy atom. The highest BCUT2D eigenvalue weighted by atomic mass is 35.5. The molecule has 0 unspecified atom stereocenters. The molecule has 11 heteroatoms. The number of amides is 3. The highest BCUT2D eigenvalue weighted by Gasteiger charge is 2.67. The summed E-state index contributed by atoms with van der Waals surface area (Å²) in [5, 5.41) is 10.7. The lowest BCUT2D eigenvalue weighted by atomic mass is 9.82. The highest BCUT2D eigenvalue weighted by Crippen LogP contribution is 2.60. The summed E-state index contributed by atoms with van der Waals surface area (Å²) < 4.78 is 23.4. The molecule has 4 aliphatic heterocycles. The minimum Gasteiger partial charge on any atom is -0.394 e.